The van der Waals surface area contributed by atoms with Crippen LogP contribution in [0.3, 0.4) is 0 Å². The van der Waals surface area contributed by atoms with Crippen LogP contribution in [0.4, 0.5) is 19.1 Å². The highest BCUT2D eigenvalue weighted by molar-refractivity contribution is 5.76. The van der Waals surface area contributed by atoms with E-state index in [4.69, 9.17) is 14.2 Å². The number of ether oxygens (including phenoxy) is 1. The van der Waals surface area contributed by atoms with Crippen LogP contribution < -0.4 is 9.64 Å². The summed E-state index contributed by atoms with van der Waals surface area (Å²) in [5.41, 5.74) is -0.399. The zero-order valence-corrected chi connectivity index (χ0v) is 22.9. The van der Waals surface area contributed by atoms with Gasteiger partial charge in [-0.15, -0.1) is 0 Å². The first-order valence-electron chi connectivity index (χ1n) is 13.4. The van der Waals surface area contributed by atoms with Gasteiger partial charge in [0, 0.05) is 19.0 Å². The van der Waals surface area contributed by atoms with Gasteiger partial charge in [0.25, 0.3) is 5.95 Å². The first-order chi connectivity index (χ1) is 18.9. The Kier molecular flexibility index (Phi) is 9.02. The van der Waals surface area contributed by atoms with Gasteiger partial charge in [-0.25, -0.2) is 4.79 Å². The standard InChI is InChI=1S/C29H35F3N4O4/c1-4-35-16-14-22(15-17-35)25-33-27(34-40-25)36(19-21-5-9-23(10-6-21)29(30,31)32)18-13-20-7-11-24(12-8-20)39-28(2,3)26(37)38/h5-12,22H,4,13-19H2,1-3H3,(H,37,38). The molecule has 40 heavy (non-hydrogen) atoms. The second-order valence-electron chi connectivity index (χ2n) is 10.6. The van der Waals surface area contributed by atoms with Crippen molar-refractivity contribution in [3.05, 3.63) is 71.1 Å². The van der Waals surface area contributed by atoms with Crippen LogP contribution in [-0.4, -0.2) is 57.9 Å². The molecule has 1 aliphatic rings. The van der Waals surface area contributed by atoms with Crippen LogP contribution in [0.15, 0.2) is 53.1 Å². The molecular formula is C29H35F3N4O4. The number of nitrogens with zero attached hydrogens (tertiary/aromatic N) is 4. The van der Waals surface area contributed by atoms with Crippen molar-refractivity contribution in [3.63, 3.8) is 0 Å². The van der Waals surface area contributed by atoms with Gasteiger partial charge in [0.1, 0.15) is 5.75 Å². The maximum absolute atomic E-state index is 13.1. The van der Waals surface area contributed by atoms with Gasteiger partial charge in [0.2, 0.25) is 5.89 Å². The number of aliphatic carboxylic acids is 1. The molecule has 1 aliphatic heterocycles. The second-order valence-corrected chi connectivity index (χ2v) is 10.6. The van der Waals surface area contributed by atoms with Crippen molar-refractivity contribution in [2.45, 2.75) is 64.3 Å². The molecule has 8 nitrogen and oxygen atoms in total. The summed E-state index contributed by atoms with van der Waals surface area (Å²) in [4.78, 5) is 20.3. The largest absolute Gasteiger partial charge is 0.478 e. The Morgan fingerprint density at radius 1 is 1.07 bits per heavy atom. The first kappa shape index (κ1) is 29.4. The number of carboxylic acids is 1. The number of benzene rings is 2. The third-order valence-electron chi connectivity index (χ3n) is 7.23. The van der Waals surface area contributed by atoms with Crippen LogP contribution in [0.5, 0.6) is 5.75 Å². The van der Waals surface area contributed by atoms with Gasteiger partial charge in [0.05, 0.1) is 5.56 Å². The number of alkyl halides is 3. The summed E-state index contributed by atoms with van der Waals surface area (Å²) in [5, 5.41) is 13.5. The van der Waals surface area contributed by atoms with Crippen LogP contribution in [0.2, 0.25) is 0 Å². The lowest BCUT2D eigenvalue weighted by Crippen LogP contribution is -2.37. The maximum atomic E-state index is 13.1. The zero-order chi connectivity index (χ0) is 28.9. The van der Waals surface area contributed by atoms with Crippen LogP contribution in [-0.2, 0) is 23.9 Å². The fourth-order valence-electron chi connectivity index (χ4n) is 4.61. The fraction of sp³-hybridized carbons (Fsp3) is 0.483. The monoisotopic (exact) mass is 560 g/mol. The number of hydrogen-bond acceptors (Lipinski definition) is 7. The summed E-state index contributed by atoms with van der Waals surface area (Å²) in [6.07, 6.45) is -1.95. The highest BCUT2D eigenvalue weighted by atomic mass is 19.4. The molecule has 4 rings (SSSR count). The summed E-state index contributed by atoms with van der Waals surface area (Å²) in [7, 11) is 0. The Labute approximate surface area is 231 Å². The molecule has 0 atom stereocenters. The highest BCUT2D eigenvalue weighted by Gasteiger charge is 2.31. The van der Waals surface area contributed by atoms with Crippen LogP contribution in [0.25, 0.3) is 0 Å². The summed E-state index contributed by atoms with van der Waals surface area (Å²) < 4.78 is 50.4. The van der Waals surface area contributed by atoms with Gasteiger partial charge in [-0.05, 0) is 93.3 Å². The summed E-state index contributed by atoms with van der Waals surface area (Å²) in [5.74, 6) is 0.543. The lowest BCUT2D eigenvalue weighted by Gasteiger charge is -2.29. The van der Waals surface area contributed by atoms with E-state index in [1.807, 2.05) is 17.0 Å². The van der Waals surface area contributed by atoms with E-state index >= 15 is 0 Å². The van der Waals surface area contributed by atoms with Gasteiger partial charge in [-0.2, -0.15) is 18.2 Å². The predicted molar refractivity (Wildman–Crippen MR) is 143 cm³/mol. The number of rotatable bonds is 11. The second kappa shape index (κ2) is 12.3. The molecule has 0 saturated carbocycles. The van der Waals surface area contributed by atoms with Gasteiger partial charge in [0.15, 0.2) is 5.60 Å². The molecule has 1 N–H and O–H groups in total. The molecule has 11 heteroatoms. The average Bonchev–Trinajstić information content (AvgIpc) is 3.42. The first-order valence-corrected chi connectivity index (χ1v) is 13.4. The minimum absolute atomic E-state index is 0.180. The molecule has 1 saturated heterocycles. The number of piperidine rings is 1. The minimum atomic E-state index is -4.40. The molecule has 1 fully saturated rings. The molecule has 3 aromatic rings. The highest BCUT2D eigenvalue weighted by Crippen LogP contribution is 2.31. The molecule has 0 spiro atoms. The minimum Gasteiger partial charge on any atom is -0.478 e. The van der Waals surface area contributed by atoms with Gasteiger partial charge < -0.3 is 24.2 Å². The van der Waals surface area contributed by atoms with Gasteiger partial charge in [-0.3, -0.25) is 0 Å². The topological polar surface area (TPSA) is 91.9 Å². The molecule has 216 valence electrons. The molecule has 1 aromatic heterocycles. The maximum Gasteiger partial charge on any atom is 0.416 e. The summed E-state index contributed by atoms with van der Waals surface area (Å²) in [6.45, 7) is 8.83. The number of anilines is 1. The third-order valence-corrected chi connectivity index (χ3v) is 7.23. The SMILES string of the molecule is CCN1CCC(c2nc(N(CCc3ccc(OC(C)(C)C(=O)O)cc3)Cc3ccc(C(F)(F)F)cc3)no2)CC1. The lowest BCUT2D eigenvalue weighted by molar-refractivity contribution is -0.152. The van der Waals surface area contributed by atoms with Gasteiger partial charge >= 0.3 is 12.1 Å². The zero-order valence-electron chi connectivity index (χ0n) is 22.9. The number of carboxylic acid groups (broad SMARTS) is 1. The van der Waals surface area contributed by atoms with E-state index in [1.54, 1.807) is 12.1 Å². The number of likely N-dealkylation sites (tertiary alicyclic amines) is 1. The van der Waals surface area contributed by atoms with E-state index in [9.17, 15) is 23.1 Å². The lowest BCUT2D eigenvalue weighted by atomic mass is 9.97. The van der Waals surface area contributed by atoms with Crippen molar-refractivity contribution in [2.24, 2.45) is 0 Å². The van der Waals surface area contributed by atoms with E-state index < -0.39 is 23.3 Å². The van der Waals surface area contributed by atoms with Gasteiger partial charge in [-0.1, -0.05) is 31.2 Å². The molecule has 0 aliphatic carbocycles. The Balaban J connectivity index is 1.48. The van der Waals surface area contributed by atoms with Crippen molar-refractivity contribution in [1.29, 1.82) is 0 Å². The number of carbonyl (C=O) groups is 1. The Morgan fingerprint density at radius 3 is 2.27 bits per heavy atom. The van der Waals surface area contributed by atoms with Crippen molar-refractivity contribution in [2.75, 3.05) is 31.1 Å². The van der Waals surface area contributed by atoms with E-state index in [0.717, 1.165) is 50.2 Å². The van der Waals surface area contributed by atoms with Crippen LogP contribution in [0.1, 0.15) is 62.1 Å². The molecule has 2 aromatic carbocycles. The average molecular weight is 561 g/mol. The van der Waals surface area contributed by atoms with Crippen LogP contribution >= 0.6 is 0 Å². The Morgan fingerprint density at radius 2 is 1.70 bits per heavy atom. The van der Waals surface area contributed by atoms with Crippen LogP contribution in [0, 0.1) is 0 Å². The Bertz CT molecular complexity index is 1250. The normalized spacial score (nSPS) is 15.2. The molecule has 0 bridgehead atoms. The molecular weight excluding hydrogens is 525 g/mol. The van der Waals surface area contributed by atoms with Crippen molar-refractivity contribution >= 4 is 11.9 Å². The van der Waals surface area contributed by atoms with Crippen molar-refractivity contribution < 1.29 is 32.3 Å². The molecule has 0 unspecified atom stereocenters. The number of aromatic nitrogens is 2. The third kappa shape index (κ3) is 7.53. The summed E-state index contributed by atoms with van der Waals surface area (Å²) in [6, 6.07) is 12.2. The van der Waals surface area contributed by atoms with Crippen molar-refractivity contribution in [1.82, 2.24) is 15.0 Å². The van der Waals surface area contributed by atoms with E-state index in [0.29, 0.717) is 42.7 Å². The van der Waals surface area contributed by atoms with E-state index in [1.165, 1.54) is 26.0 Å². The van der Waals surface area contributed by atoms with Crippen molar-refractivity contribution in [3.8, 4) is 5.75 Å². The summed E-state index contributed by atoms with van der Waals surface area (Å²) >= 11 is 0. The fourth-order valence-corrected chi connectivity index (χ4v) is 4.61. The Hall–Kier alpha value is -3.60. The smallest absolute Gasteiger partial charge is 0.416 e. The van der Waals surface area contributed by atoms with E-state index in [2.05, 4.69) is 17.0 Å². The van der Waals surface area contributed by atoms with E-state index in [-0.39, 0.29) is 5.92 Å². The quantitative estimate of drug-likeness (QED) is 0.316. The number of hydrogen-bond donors (Lipinski definition) is 1. The number of halogens is 3. The molecule has 2 heterocycles. The molecule has 0 amide bonds. The molecule has 0 radical (unpaired) electrons. The predicted octanol–water partition coefficient (Wildman–Crippen LogP) is 5.78.